The molecular weight excluding hydrogens is 339 g/mol. The lowest BCUT2D eigenvalue weighted by Gasteiger charge is -2.33. The molecule has 1 aliphatic rings. The summed E-state index contributed by atoms with van der Waals surface area (Å²) >= 11 is 11.9. The Morgan fingerprint density at radius 3 is 2.78 bits per heavy atom. The number of carbonyl (C=O) groups excluding carboxylic acids is 2. The molecule has 2 atom stereocenters. The number of amides is 2. The smallest absolute Gasteiger partial charge is 0.319 e. The van der Waals surface area contributed by atoms with Crippen molar-refractivity contribution in [1.82, 2.24) is 10.6 Å². The monoisotopic (exact) mass is 354 g/mol. The maximum absolute atomic E-state index is 12.4. The van der Waals surface area contributed by atoms with Crippen LogP contribution < -0.4 is 10.6 Å². The molecule has 23 heavy (non-hydrogen) atoms. The highest BCUT2D eigenvalue weighted by molar-refractivity contribution is 6.42. The van der Waals surface area contributed by atoms with Crippen molar-refractivity contribution in [1.29, 1.82) is 0 Å². The van der Waals surface area contributed by atoms with Gasteiger partial charge in [-0.3, -0.25) is 4.79 Å². The molecule has 0 aromatic heterocycles. The number of allylic oxidation sites excluding steroid dienone is 1. The number of urea groups is 1. The van der Waals surface area contributed by atoms with Gasteiger partial charge in [0.15, 0.2) is 0 Å². The van der Waals surface area contributed by atoms with E-state index in [0.29, 0.717) is 15.6 Å². The predicted octanol–water partition coefficient (Wildman–Crippen LogP) is 3.60. The third kappa shape index (κ3) is 4.06. The fourth-order valence-electron chi connectivity index (χ4n) is 2.26. The van der Waals surface area contributed by atoms with Crippen molar-refractivity contribution in [2.24, 2.45) is 5.92 Å². The molecule has 1 aromatic rings. The van der Waals surface area contributed by atoms with Gasteiger partial charge in [-0.15, -0.1) is 0 Å². The van der Waals surface area contributed by atoms with Crippen LogP contribution in [-0.4, -0.2) is 18.6 Å². The highest BCUT2D eigenvalue weighted by Gasteiger charge is 2.38. The molecule has 2 amide bonds. The van der Waals surface area contributed by atoms with E-state index in [1.807, 2.05) is 6.92 Å². The molecule has 1 aliphatic heterocycles. The van der Waals surface area contributed by atoms with E-state index in [9.17, 15) is 9.59 Å². The highest BCUT2D eigenvalue weighted by Crippen LogP contribution is 2.33. The summed E-state index contributed by atoms with van der Waals surface area (Å²) in [7, 11) is 0. The lowest BCUT2D eigenvalue weighted by molar-refractivity contribution is -0.147. The predicted molar refractivity (Wildman–Crippen MR) is 89.3 cm³/mol. The Morgan fingerprint density at radius 2 is 2.13 bits per heavy atom. The Balaban J connectivity index is 2.30. The van der Waals surface area contributed by atoms with Crippen molar-refractivity contribution >= 4 is 35.2 Å². The molecule has 0 radical (unpaired) electrons. The molecule has 0 spiro atoms. The van der Waals surface area contributed by atoms with Crippen LogP contribution in [0.4, 0.5) is 4.79 Å². The lowest BCUT2D eigenvalue weighted by Crippen LogP contribution is -2.51. The van der Waals surface area contributed by atoms with E-state index in [4.69, 9.17) is 27.9 Å². The van der Waals surface area contributed by atoms with Crippen molar-refractivity contribution in [2.45, 2.75) is 13.0 Å². The molecule has 2 rings (SSSR count). The van der Waals surface area contributed by atoms with Gasteiger partial charge in [0.2, 0.25) is 0 Å². The summed E-state index contributed by atoms with van der Waals surface area (Å²) in [6.07, 6.45) is 3.49. The fraction of sp³-hybridized carbons (Fsp3) is 0.250. The molecule has 1 fully saturated rings. The van der Waals surface area contributed by atoms with Gasteiger partial charge in [0.05, 0.1) is 16.1 Å². The maximum atomic E-state index is 12.4. The molecule has 1 heterocycles. The number of hydrogen-bond donors (Lipinski definition) is 2. The molecule has 0 unspecified atom stereocenters. The normalized spacial score (nSPS) is 21.0. The van der Waals surface area contributed by atoms with E-state index in [1.54, 1.807) is 30.4 Å². The SMILES string of the molecule is C=C1NC(=O)N[C@H](c2ccc(Cl)c(Cl)c2)[C@H]1C(=O)OC/C=C/C. The fourth-order valence-corrected chi connectivity index (χ4v) is 2.57. The minimum atomic E-state index is -0.768. The van der Waals surface area contributed by atoms with E-state index >= 15 is 0 Å². The molecule has 7 heteroatoms. The summed E-state index contributed by atoms with van der Waals surface area (Å²) in [4.78, 5) is 24.1. The van der Waals surface area contributed by atoms with Crippen LogP contribution in [0.3, 0.4) is 0 Å². The van der Waals surface area contributed by atoms with Gasteiger partial charge in [-0.1, -0.05) is 48.0 Å². The number of halogens is 2. The standard InChI is InChI=1S/C16H16Cl2N2O3/c1-3-4-7-23-15(21)13-9(2)19-16(22)20-14(13)10-5-6-11(17)12(18)8-10/h3-6,8,13-14H,2,7H2,1H3,(H2,19,20,22)/b4-3+/t13-,14+/m0/s1. The van der Waals surface area contributed by atoms with Crippen molar-refractivity contribution in [2.75, 3.05) is 6.61 Å². The molecule has 5 nitrogen and oxygen atoms in total. The van der Waals surface area contributed by atoms with Crippen LogP contribution in [0, 0.1) is 5.92 Å². The minimum Gasteiger partial charge on any atom is -0.461 e. The van der Waals surface area contributed by atoms with Crippen LogP contribution in [0.15, 0.2) is 42.6 Å². The number of esters is 1. The van der Waals surface area contributed by atoms with Crippen LogP contribution in [0.25, 0.3) is 0 Å². The van der Waals surface area contributed by atoms with Gasteiger partial charge in [-0.25, -0.2) is 4.79 Å². The molecular formula is C16H16Cl2N2O3. The van der Waals surface area contributed by atoms with E-state index < -0.39 is 24.0 Å². The second-order valence-electron chi connectivity index (χ2n) is 4.95. The highest BCUT2D eigenvalue weighted by atomic mass is 35.5. The van der Waals surface area contributed by atoms with Gasteiger partial charge >= 0.3 is 12.0 Å². The van der Waals surface area contributed by atoms with E-state index in [2.05, 4.69) is 17.2 Å². The van der Waals surface area contributed by atoms with Crippen LogP contribution in [0.2, 0.25) is 10.0 Å². The van der Waals surface area contributed by atoms with Gasteiger partial charge in [0.1, 0.15) is 12.5 Å². The van der Waals surface area contributed by atoms with Gasteiger partial charge in [-0.05, 0) is 24.6 Å². The topological polar surface area (TPSA) is 67.4 Å². The van der Waals surface area contributed by atoms with Gasteiger partial charge in [-0.2, -0.15) is 0 Å². The van der Waals surface area contributed by atoms with E-state index in [-0.39, 0.29) is 12.3 Å². The Hall–Kier alpha value is -1.98. The molecule has 0 saturated carbocycles. The van der Waals surface area contributed by atoms with Gasteiger partial charge < -0.3 is 15.4 Å². The van der Waals surface area contributed by atoms with E-state index in [1.165, 1.54) is 0 Å². The maximum Gasteiger partial charge on any atom is 0.319 e. The summed E-state index contributed by atoms with van der Waals surface area (Å²) in [5.41, 5.74) is 0.915. The Bertz CT molecular complexity index is 673. The molecule has 2 N–H and O–H groups in total. The Morgan fingerprint density at radius 1 is 1.39 bits per heavy atom. The number of benzene rings is 1. The number of hydrogen-bond acceptors (Lipinski definition) is 3. The average molecular weight is 355 g/mol. The van der Waals surface area contributed by atoms with Crippen LogP contribution >= 0.6 is 23.2 Å². The molecule has 0 bridgehead atoms. The van der Waals surface area contributed by atoms with Gasteiger partial charge in [0, 0.05) is 5.70 Å². The largest absolute Gasteiger partial charge is 0.461 e. The second kappa shape index (κ2) is 7.53. The summed E-state index contributed by atoms with van der Waals surface area (Å²) in [5, 5.41) is 5.93. The summed E-state index contributed by atoms with van der Waals surface area (Å²) < 4.78 is 5.20. The third-order valence-electron chi connectivity index (χ3n) is 3.38. The van der Waals surface area contributed by atoms with Crippen LogP contribution in [0.5, 0.6) is 0 Å². The van der Waals surface area contributed by atoms with Crippen molar-refractivity contribution < 1.29 is 14.3 Å². The first-order chi connectivity index (χ1) is 10.9. The zero-order valence-corrected chi connectivity index (χ0v) is 13.9. The zero-order valence-electron chi connectivity index (χ0n) is 12.4. The molecule has 1 aromatic carbocycles. The minimum absolute atomic E-state index is 0.154. The van der Waals surface area contributed by atoms with Crippen LogP contribution in [0.1, 0.15) is 18.5 Å². The first-order valence-corrected chi connectivity index (χ1v) is 7.68. The molecule has 1 saturated heterocycles. The second-order valence-corrected chi connectivity index (χ2v) is 5.77. The molecule has 0 aliphatic carbocycles. The Labute approximate surface area is 144 Å². The first-order valence-electron chi connectivity index (χ1n) is 6.93. The van der Waals surface area contributed by atoms with Crippen LogP contribution in [-0.2, 0) is 9.53 Å². The van der Waals surface area contributed by atoms with E-state index in [0.717, 1.165) is 0 Å². The summed E-state index contributed by atoms with van der Waals surface area (Å²) in [6.45, 7) is 5.74. The first kappa shape index (κ1) is 17.4. The van der Waals surface area contributed by atoms with Gasteiger partial charge in [0.25, 0.3) is 0 Å². The van der Waals surface area contributed by atoms with Crippen molar-refractivity contribution in [3.8, 4) is 0 Å². The van der Waals surface area contributed by atoms with Crippen molar-refractivity contribution in [3.05, 3.63) is 58.2 Å². The summed E-state index contributed by atoms with van der Waals surface area (Å²) in [6, 6.07) is 3.84. The number of rotatable bonds is 4. The quantitative estimate of drug-likeness (QED) is 0.641. The molecule has 122 valence electrons. The third-order valence-corrected chi connectivity index (χ3v) is 4.12. The number of ether oxygens (including phenoxy) is 1. The zero-order chi connectivity index (χ0) is 17.0. The lowest BCUT2D eigenvalue weighted by atomic mass is 9.89. The Kier molecular flexibility index (Phi) is 5.69. The summed E-state index contributed by atoms with van der Waals surface area (Å²) in [5.74, 6) is -1.26. The van der Waals surface area contributed by atoms with Crippen molar-refractivity contribution in [3.63, 3.8) is 0 Å². The number of carbonyl (C=O) groups is 2. The average Bonchev–Trinajstić information content (AvgIpc) is 2.49. The number of nitrogens with one attached hydrogen (secondary N) is 2.